The van der Waals surface area contributed by atoms with Crippen molar-refractivity contribution in [2.24, 2.45) is 0 Å². The van der Waals surface area contributed by atoms with Crippen LogP contribution in [0.3, 0.4) is 0 Å². The average molecular weight is 380 g/mol. The van der Waals surface area contributed by atoms with Crippen molar-refractivity contribution in [1.29, 1.82) is 0 Å². The second-order valence-corrected chi connectivity index (χ2v) is 5.65. The summed E-state index contributed by atoms with van der Waals surface area (Å²) in [6, 6.07) is 5.51. The zero-order valence-electron chi connectivity index (χ0n) is 12.1. The molecule has 1 atom stereocenters. The third-order valence-electron chi connectivity index (χ3n) is 3.25. The molecular formula is C14H20BrClN2O3. The summed E-state index contributed by atoms with van der Waals surface area (Å²) in [5.74, 6) is 0.812. The number of ether oxygens (including phenoxy) is 2. The molecule has 1 N–H and O–H groups in total. The number of nitrogens with zero attached hydrogens (tertiary/aromatic N) is 1. The Bertz CT molecular complexity index is 481. The molecule has 1 aliphatic heterocycles. The van der Waals surface area contributed by atoms with E-state index in [4.69, 9.17) is 9.47 Å². The SMILES string of the molecule is COc1ccc(Br)cc1CN(C)C(=O)C1COCCN1.Cl. The van der Waals surface area contributed by atoms with Crippen LogP contribution >= 0.6 is 28.3 Å². The molecule has 0 saturated carbocycles. The van der Waals surface area contributed by atoms with Crippen molar-refractivity contribution < 1.29 is 14.3 Å². The van der Waals surface area contributed by atoms with Crippen LogP contribution in [-0.2, 0) is 16.1 Å². The highest BCUT2D eigenvalue weighted by Crippen LogP contribution is 2.24. The number of amides is 1. The van der Waals surface area contributed by atoms with Crippen LogP contribution in [0.4, 0.5) is 0 Å². The van der Waals surface area contributed by atoms with Gasteiger partial charge in [-0.1, -0.05) is 15.9 Å². The highest BCUT2D eigenvalue weighted by Gasteiger charge is 2.24. The molecule has 1 aliphatic rings. The molecule has 1 unspecified atom stereocenters. The van der Waals surface area contributed by atoms with E-state index in [1.807, 2.05) is 18.2 Å². The van der Waals surface area contributed by atoms with Crippen LogP contribution in [0, 0.1) is 0 Å². The van der Waals surface area contributed by atoms with Crippen molar-refractivity contribution in [3.8, 4) is 5.75 Å². The van der Waals surface area contributed by atoms with Gasteiger partial charge in [0, 0.05) is 30.2 Å². The lowest BCUT2D eigenvalue weighted by atomic mass is 10.1. The molecule has 1 amide bonds. The minimum Gasteiger partial charge on any atom is -0.496 e. The molecule has 118 valence electrons. The molecule has 5 nitrogen and oxygen atoms in total. The molecule has 1 heterocycles. The van der Waals surface area contributed by atoms with Crippen LogP contribution in [0.25, 0.3) is 0 Å². The maximum absolute atomic E-state index is 12.3. The summed E-state index contributed by atoms with van der Waals surface area (Å²) in [6.45, 7) is 2.30. The van der Waals surface area contributed by atoms with Gasteiger partial charge in [0.15, 0.2) is 0 Å². The maximum atomic E-state index is 12.3. The van der Waals surface area contributed by atoms with E-state index in [2.05, 4.69) is 21.2 Å². The molecule has 0 bridgehead atoms. The third-order valence-corrected chi connectivity index (χ3v) is 3.74. The monoisotopic (exact) mass is 378 g/mol. The number of methoxy groups -OCH3 is 1. The molecule has 1 aromatic carbocycles. The van der Waals surface area contributed by atoms with Gasteiger partial charge in [0.2, 0.25) is 5.91 Å². The molecule has 0 aliphatic carbocycles. The van der Waals surface area contributed by atoms with E-state index < -0.39 is 0 Å². The fraction of sp³-hybridized carbons (Fsp3) is 0.500. The highest BCUT2D eigenvalue weighted by atomic mass is 79.9. The first-order chi connectivity index (χ1) is 9.61. The van der Waals surface area contributed by atoms with Gasteiger partial charge >= 0.3 is 0 Å². The van der Waals surface area contributed by atoms with Gasteiger partial charge in [-0.3, -0.25) is 4.79 Å². The van der Waals surface area contributed by atoms with E-state index in [1.165, 1.54) is 0 Å². The third kappa shape index (κ3) is 4.85. The van der Waals surface area contributed by atoms with Gasteiger partial charge in [0.25, 0.3) is 0 Å². The van der Waals surface area contributed by atoms with Crippen LogP contribution < -0.4 is 10.1 Å². The number of nitrogens with one attached hydrogen (secondary N) is 1. The van der Waals surface area contributed by atoms with E-state index >= 15 is 0 Å². The van der Waals surface area contributed by atoms with Crippen LogP contribution in [0.15, 0.2) is 22.7 Å². The van der Waals surface area contributed by atoms with Crippen molar-refractivity contribution in [2.75, 3.05) is 33.9 Å². The van der Waals surface area contributed by atoms with Crippen molar-refractivity contribution in [2.45, 2.75) is 12.6 Å². The topological polar surface area (TPSA) is 50.8 Å². The zero-order chi connectivity index (χ0) is 14.5. The summed E-state index contributed by atoms with van der Waals surface area (Å²) < 4.78 is 11.6. The van der Waals surface area contributed by atoms with Crippen molar-refractivity contribution in [3.05, 3.63) is 28.2 Å². The Morgan fingerprint density at radius 1 is 1.57 bits per heavy atom. The Kier molecular flexibility index (Phi) is 7.45. The Hall–Kier alpha value is -0.820. The molecule has 2 rings (SSSR count). The Morgan fingerprint density at radius 3 is 2.95 bits per heavy atom. The summed E-state index contributed by atoms with van der Waals surface area (Å²) >= 11 is 3.44. The lowest BCUT2D eigenvalue weighted by Gasteiger charge is -2.28. The van der Waals surface area contributed by atoms with Crippen LogP contribution in [-0.4, -0.2) is 50.8 Å². The van der Waals surface area contributed by atoms with E-state index in [0.29, 0.717) is 26.3 Å². The van der Waals surface area contributed by atoms with Gasteiger partial charge in [-0.15, -0.1) is 12.4 Å². The van der Waals surface area contributed by atoms with Gasteiger partial charge < -0.3 is 19.7 Å². The zero-order valence-corrected chi connectivity index (χ0v) is 14.5. The summed E-state index contributed by atoms with van der Waals surface area (Å²) in [6.07, 6.45) is 0. The van der Waals surface area contributed by atoms with E-state index in [9.17, 15) is 4.79 Å². The van der Waals surface area contributed by atoms with Crippen molar-refractivity contribution >= 4 is 34.2 Å². The number of morpholine rings is 1. The number of carbonyl (C=O) groups excluding carboxylic acids is 1. The first-order valence-corrected chi connectivity index (χ1v) is 7.29. The second kappa shape index (κ2) is 8.58. The molecule has 1 fully saturated rings. The first-order valence-electron chi connectivity index (χ1n) is 6.50. The highest BCUT2D eigenvalue weighted by molar-refractivity contribution is 9.10. The van der Waals surface area contributed by atoms with Gasteiger partial charge in [-0.25, -0.2) is 0 Å². The van der Waals surface area contributed by atoms with E-state index in [1.54, 1.807) is 19.1 Å². The number of rotatable bonds is 4. The molecule has 1 saturated heterocycles. The van der Waals surface area contributed by atoms with Crippen LogP contribution in [0.1, 0.15) is 5.56 Å². The van der Waals surface area contributed by atoms with Gasteiger partial charge in [-0.05, 0) is 18.2 Å². The summed E-state index contributed by atoms with van der Waals surface area (Å²) in [5.41, 5.74) is 0.967. The minimum absolute atomic E-state index is 0. The molecular weight excluding hydrogens is 360 g/mol. The van der Waals surface area contributed by atoms with E-state index in [-0.39, 0.29) is 24.4 Å². The summed E-state index contributed by atoms with van der Waals surface area (Å²) in [4.78, 5) is 14.0. The normalized spacial score (nSPS) is 17.8. The average Bonchev–Trinajstić information content (AvgIpc) is 2.47. The van der Waals surface area contributed by atoms with E-state index in [0.717, 1.165) is 15.8 Å². The number of hydrogen-bond acceptors (Lipinski definition) is 4. The lowest BCUT2D eigenvalue weighted by molar-refractivity contribution is -0.135. The molecule has 7 heteroatoms. The summed E-state index contributed by atoms with van der Waals surface area (Å²) in [5, 5.41) is 3.17. The predicted octanol–water partition coefficient (Wildman–Crippen LogP) is 1.83. The Morgan fingerprint density at radius 2 is 2.33 bits per heavy atom. The number of benzene rings is 1. The van der Waals surface area contributed by atoms with Crippen LogP contribution in [0.5, 0.6) is 5.75 Å². The number of carbonyl (C=O) groups is 1. The second-order valence-electron chi connectivity index (χ2n) is 4.73. The van der Waals surface area contributed by atoms with Crippen LogP contribution in [0.2, 0.25) is 0 Å². The van der Waals surface area contributed by atoms with Gasteiger partial charge in [0.05, 0.1) is 20.3 Å². The molecule has 0 radical (unpaired) electrons. The van der Waals surface area contributed by atoms with Gasteiger partial charge in [-0.2, -0.15) is 0 Å². The maximum Gasteiger partial charge on any atom is 0.242 e. The standard InChI is InChI=1S/C14H19BrN2O3.ClH/c1-17(14(18)12-9-20-6-5-16-12)8-10-7-11(15)3-4-13(10)19-2;/h3-4,7,12,16H,5-6,8-9H2,1-2H3;1H. The van der Waals surface area contributed by atoms with Crippen molar-refractivity contribution in [3.63, 3.8) is 0 Å². The summed E-state index contributed by atoms with van der Waals surface area (Å²) in [7, 11) is 3.42. The Balaban J connectivity index is 0.00000220. The van der Waals surface area contributed by atoms with Crippen molar-refractivity contribution in [1.82, 2.24) is 10.2 Å². The number of likely N-dealkylation sites (N-methyl/N-ethyl adjacent to an activating group) is 1. The quantitative estimate of drug-likeness (QED) is 0.867. The first kappa shape index (κ1) is 18.2. The molecule has 0 aromatic heterocycles. The predicted molar refractivity (Wildman–Crippen MR) is 87.0 cm³/mol. The molecule has 21 heavy (non-hydrogen) atoms. The largest absolute Gasteiger partial charge is 0.496 e. The number of hydrogen-bond donors (Lipinski definition) is 1. The smallest absolute Gasteiger partial charge is 0.242 e. The van der Waals surface area contributed by atoms with Gasteiger partial charge in [0.1, 0.15) is 11.8 Å². The number of halogens is 2. The molecule has 1 aromatic rings. The minimum atomic E-state index is -0.258. The Labute approximate surface area is 139 Å². The fourth-order valence-electron chi connectivity index (χ4n) is 2.19. The fourth-order valence-corrected chi connectivity index (χ4v) is 2.60. The lowest BCUT2D eigenvalue weighted by Crippen LogP contribution is -2.51. The molecule has 0 spiro atoms.